The number of nitrogens with one attached hydrogen (secondary N) is 1. The molecule has 1 saturated heterocycles. The van der Waals surface area contributed by atoms with Crippen molar-refractivity contribution in [3.8, 4) is 6.07 Å². The van der Waals surface area contributed by atoms with E-state index in [0.29, 0.717) is 0 Å². The molecule has 5 rings (SSSR count). The van der Waals surface area contributed by atoms with Crippen LogP contribution in [0.5, 0.6) is 0 Å². The Bertz CT molecular complexity index is 1740. The first-order chi connectivity index (χ1) is 22.2. The Morgan fingerprint density at radius 3 is 2.62 bits per heavy atom. The third-order valence-electron chi connectivity index (χ3n) is 8.05. The van der Waals surface area contributed by atoms with Gasteiger partial charge in [-0.25, -0.2) is 22.9 Å². The number of halogens is 4. The molecule has 10 nitrogen and oxygen atoms in total. The zero-order valence-corrected chi connectivity index (χ0v) is 26.2. The van der Waals surface area contributed by atoms with Gasteiger partial charge in [-0.15, -0.1) is 0 Å². The molecule has 1 aliphatic carbocycles. The lowest BCUT2D eigenvalue weighted by Gasteiger charge is -2.39. The van der Waals surface area contributed by atoms with Crippen LogP contribution >= 0.6 is 11.6 Å². The number of aliphatic hydroxyl groups is 1. The summed E-state index contributed by atoms with van der Waals surface area (Å²) in [5.41, 5.74) is -1.27. The van der Waals surface area contributed by atoms with Crippen LogP contribution in [0.4, 0.5) is 29.5 Å². The lowest BCUT2D eigenvalue weighted by molar-refractivity contribution is -0.132. The van der Waals surface area contributed by atoms with Crippen molar-refractivity contribution in [3.05, 3.63) is 88.3 Å². The predicted octanol–water partition coefficient (Wildman–Crippen LogP) is 5.77. The van der Waals surface area contributed by atoms with Gasteiger partial charge in [0.05, 0.1) is 29.9 Å². The van der Waals surface area contributed by atoms with Gasteiger partial charge in [0.15, 0.2) is 0 Å². The number of benzene rings is 2. The molecule has 14 heteroatoms. The van der Waals surface area contributed by atoms with E-state index in [1.54, 1.807) is 12.1 Å². The minimum Gasteiger partial charge on any atom is -0.449 e. The number of cyclic esters (lactones) is 1. The standard InChI is InChI=1S/C33H31ClF3N5O5/c1-32(2,46)20-12-21(35)14-24(13-20)42(29(25-5-3-4-6-26(25)34)30(44)40-22-16-33(36,37)17-22)28(43)15-23-8-10-47-31(45)41(23)27-11-19(18-38)7-9-39-27/h3-7,9,11-14,22-23,29,46H,8,10,15-17H2,1-2H3,(H,40,44). The summed E-state index contributed by atoms with van der Waals surface area (Å²) in [6, 6.07) is 11.0. The topological polar surface area (TPSA) is 136 Å². The number of rotatable bonds is 9. The fourth-order valence-corrected chi connectivity index (χ4v) is 5.90. The minimum atomic E-state index is -2.95. The SMILES string of the molecule is CC(C)(O)c1cc(F)cc(N(C(=O)CC2CCOC(=O)N2c2cc(C#N)ccn2)C(C(=O)NC2CC(F)(F)C2)c2ccccc2Cl)c1. The minimum absolute atomic E-state index is 0.0433. The number of anilines is 2. The largest absolute Gasteiger partial charge is 0.449 e. The number of amides is 3. The second-order valence-corrected chi connectivity index (χ2v) is 12.5. The molecule has 2 unspecified atom stereocenters. The van der Waals surface area contributed by atoms with Crippen molar-refractivity contribution in [2.45, 2.75) is 69.2 Å². The number of pyridine rings is 1. The van der Waals surface area contributed by atoms with Crippen molar-refractivity contribution in [2.24, 2.45) is 0 Å². The maximum absolute atomic E-state index is 15.2. The molecule has 0 radical (unpaired) electrons. The van der Waals surface area contributed by atoms with Crippen molar-refractivity contribution >= 4 is 41.0 Å². The van der Waals surface area contributed by atoms with Gasteiger partial charge < -0.3 is 15.2 Å². The lowest BCUT2D eigenvalue weighted by Crippen LogP contribution is -2.55. The molecule has 0 spiro atoms. The number of nitriles is 1. The highest BCUT2D eigenvalue weighted by atomic mass is 35.5. The Balaban J connectivity index is 1.61. The summed E-state index contributed by atoms with van der Waals surface area (Å²) in [7, 11) is 0. The molecule has 3 amide bonds. The highest BCUT2D eigenvalue weighted by molar-refractivity contribution is 6.31. The first-order valence-electron chi connectivity index (χ1n) is 14.8. The normalized spacial score (nSPS) is 18.4. The van der Waals surface area contributed by atoms with Crippen LogP contribution in [0, 0.1) is 17.1 Å². The molecule has 3 aromatic rings. The van der Waals surface area contributed by atoms with Crippen molar-refractivity contribution in [1.82, 2.24) is 10.3 Å². The van der Waals surface area contributed by atoms with E-state index < -0.39 is 72.6 Å². The van der Waals surface area contributed by atoms with Crippen LogP contribution < -0.4 is 15.1 Å². The average Bonchev–Trinajstić information content (AvgIpc) is 2.98. The van der Waals surface area contributed by atoms with E-state index in [2.05, 4.69) is 10.3 Å². The van der Waals surface area contributed by atoms with Gasteiger partial charge in [-0.05, 0) is 55.8 Å². The molecule has 2 atom stereocenters. The predicted molar refractivity (Wildman–Crippen MR) is 165 cm³/mol. The van der Waals surface area contributed by atoms with Crippen molar-refractivity contribution in [1.29, 1.82) is 5.26 Å². The number of ether oxygens (including phenoxy) is 1. The Kier molecular flexibility index (Phi) is 9.47. The van der Waals surface area contributed by atoms with E-state index in [9.17, 15) is 33.5 Å². The zero-order chi connectivity index (χ0) is 34.1. The van der Waals surface area contributed by atoms with Crippen LogP contribution in [0.25, 0.3) is 0 Å². The molecule has 246 valence electrons. The van der Waals surface area contributed by atoms with Gasteiger partial charge in [-0.2, -0.15) is 5.26 Å². The molecule has 1 aliphatic heterocycles. The molecule has 1 saturated carbocycles. The van der Waals surface area contributed by atoms with Crippen LogP contribution in [0.2, 0.25) is 5.02 Å². The molecular formula is C33H31ClF3N5O5. The molecule has 2 heterocycles. The Morgan fingerprint density at radius 2 is 1.96 bits per heavy atom. The van der Waals surface area contributed by atoms with Crippen LogP contribution in [0.1, 0.15) is 62.3 Å². The maximum atomic E-state index is 15.2. The number of carbonyl (C=O) groups is 3. The van der Waals surface area contributed by atoms with Gasteiger partial charge in [0.25, 0.3) is 5.92 Å². The summed E-state index contributed by atoms with van der Waals surface area (Å²) in [6.07, 6.45) is -0.963. The number of nitrogens with zero attached hydrogens (tertiary/aromatic N) is 4. The second-order valence-electron chi connectivity index (χ2n) is 12.1. The number of alkyl halides is 2. The summed E-state index contributed by atoms with van der Waals surface area (Å²) < 4.78 is 47.9. The summed E-state index contributed by atoms with van der Waals surface area (Å²) in [5.74, 6) is -5.33. The third kappa shape index (κ3) is 7.50. The summed E-state index contributed by atoms with van der Waals surface area (Å²) in [4.78, 5) is 47.9. The molecule has 2 aromatic carbocycles. The number of carbonyl (C=O) groups excluding carboxylic acids is 3. The van der Waals surface area contributed by atoms with E-state index in [1.165, 1.54) is 50.4 Å². The molecule has 2 N–H and O–H groups in total. The average molecular weight is 670 g/mol. The Labute approximate surface area is 273 Å². The number of hydrogen-bond acceptors (Lipinski definition) is 7. The lowest BCUT2D eigenvalue weighted by atomic mass is 9.87. The van der Waals surface area contributed by atoms with E-state index in [4.69, 9.17) is 16.3 Å². The zero-order valence-electron chi connectivity index (χ0n) is 25.4. The first-order valence-corrected chi connectivity index (χ1v) is 15.1. The number of aromatic nitrogens is 1. The monoisotopic (exact) mass is 669 g/mol. The quantitative estimate of drug-likeness (QED) is 0.295. The second kappa shape index (κ2) is 13.2. The van der Waals surface area contributed by atoms with Crippen molar-refractivity contribution < 1.29 is 37.4 Å². The van der Waals surface area contributed by atoms with Gasteiger partial charge >= 0.3 is 6.09 Å². The summed E-state index contributed by atoms with van der Waals surface area (Å²) in [6.45, 7) is 2.79. The smallest absolute Gasteiger partial charge is 0.415 e. The van der Waals surface area contributed by atoms with E-state index >= 15 is 4.39 Å². The highest BCUT2D eigenvalue weighted by Gasteiger charge is 2.47. The molecule has 1 aromatic heterocycles. The molecular weight excluding hydrogens is 639 g/mol. The maximum Gasteiger partial charge on any atom is 0.415 e. The van der Waals surface area contributed by atoms with E-state index in [-0.39, 0.29) is 46.2 Å². The van der Waals surface area contributed by atoms with Crippen LogP contribution in [-0.2, 0) is 19.9 Å². The summed E-state index contributed by atoms with van der Waals surface area (Å²) >= 11 is 6.55. The van der Waals surface area contributed by atoms with E-state index in [0.717, 1.165) is 21.9 Å². The van der Waals surface area contributed by atoms with Gasteiger partial charge in [0.2, 0.25) is 11.8 Å². The van der Waals surface area contributed by atoms with Gasteiger partial charge in [0, 0.05) is 54.2 Å². The van der Waals surface area contributed by atoms with Crippen LogP contribution in [0.15, 0.2) is 60.8 Å². The summed E-state index contributed by atoms with van der Waals surface area (Å²) in [5, 5.41) is 22.8. The van der Waals surface area contributed by atoms with Crippen molar-refractivity contribution in [2.75, 3.05) is 16.4 Å². The van der Waals surface area contributed by atoms with Crippen LogP contribution in [-0.4, -0.2) is 52.6 Å². The van der Waals surface area contributed by atoms with Crippen LogP contribution in [0.3, 0.4) is 0 Å². The van der Waals surface area contributed by atoms with Gasteiger partial charge in [-0.1, -0.05) is 29.8 Å². The van der Waals surface area contributed by atoms with Gasteiger partial charge in [-0.3, -0.25) is 19.4 Å². The Hall–Kier alpha value is -4.67. The molecule has 2 fully saturated rings. The molecule has 2 aliphatic rings. The third-order valence-corrected chi connectivity index (χ3v) is 8.39. The number of hydrogen-bond donors (Lipinski definition) is 2. The molecule has 47 heavy (non-hydrogen) atoms. The highest BCUT2D eigenvalue weighted by Crippen LogP contribution is 2.40. The van der Waals surface area contributed by atoms with Crippen molar-refractivity contribution in [3.63, 3.8) is 0 Å². The van der Waals surface area contributed by atoms with E-state index in [1.807, 2.05) is 6.07 Å². The fraction of sp³-hybridized carbons (Fsp3) is 0.364. The fourth-order valence-electron chi connectivity index (χ4n) is 5.66. The Morgan fingerprint density at radius 1 is 1.23 bits per heavy atom. The van der Waals surface area contributed by atoms with Gasteiger partial charge in [0.1, 0.15) is 17.7 Å². The first kappa shape index (κ1) is 33.7. The molecule has 0 bridgehead atoms.